The zero-order valence-electron chi connectivity index (χ0n) is 8.93. The molecular formula is C13H12BrNS. The van der Waals surface area contributed by atoms with E-state index in [1.807, 2.05) is 30.5 Å². The zero-order valence-corrected chi connectivity index (χ0v) is 11.3. The minimum absolute atomic E-state index is 0.210. The third-order valence-electron chi connectivity index (χ3n) is 2.30. The summed E-state index contributed by atoms with van der Waals surface area (Å²) in [4.78, 5) is 5.72. The van der Waals surface area contributed by atoms with Gasteiger partial charge in [-0.1, -0.05) is 30.3 Å². The Morgan fingerprint density at radius 3 is 2.56 bits per heavy atom. The number of aliphatic imine (C=N–C) groups is 1. The molecule has 0 saturated heterocycles. The van der Waals surface area contributed by atoms with Crippen molar-refractivity contribution >= 4 is 33.5 Å². The number of benzene rings is 1. The summed E-state index contributed by atoms with van der Waals surface area (Å²) in [6, 6.07) is 14.6. The molecule has 0 aliphatic heterocycles. The van der Waals surface area contributed by atoms with Crippen LogP contribution < -0.4 is 0 Å². The first-order valence-corrected chi connectivity index (χ1v) is 6.70. The molecule has 1 heterocycles. The van der Waals surface area contributed by atoms with E-state index in [9.17, 15) is 0 Å². The molecule has 0 spiro atoms. The molecule has 0 unspecified atom stereocenters. The largest absolute Gasteiger partial charge is 0.284 e. The number of thiophene rings is 1. The second-order valence-electron chi connectivity index (χ2n) is 3.51. The predicted molar refractivity (Wildman–Crippen MR) is 74.5 cm³/mol. The fourth-order valence-electron chi connectivity index (χ4n) is 1.40. The number of hydrogen-bond acceptors (Lipinski definition) is 2. The second kappa shape index (κ2) is 5.41. The molecule has 1 atom stereocenters. The molecule has 16 heavy (non-hydrogen) atoms. The first-order chi connectivity index (χ1) is 7.75. The molecule has 0 radical (unpaired) electrons. The fourth-order valence-corrected chi connectivity index (χ4v) is 2.70. The van der Waals surface area contributed by atoms with Crippen LogP contribution >= 0.6 is 27.3 Å². The van der Waals surface area contributed by atoms with Crippen LogP contribution in [0.2, 0.25) is 0 Å². The average Bonchev–Trinajstić information content (AvgIpc) is 2.73. The maximum Gasteiger partial charge on any atom is 0.0721 e. The van der Waals surface area contributed by atoms with Gasteiger partial charge < -0.3 is 0 Å². The number of nitrogens with zero attached hydrogens (tertiary/aromatic N) is 1. The molecule has 82 valence electrons. The monoisotopic (exact) mass is 293 g/mol. The van der Waals surface area contributed by atoms with E-state index in [-0.39, 0.29) is 6.04 Å². The van der Waals surface area contributed by atoms with E-state index >= 15 is 0 Å². The summed E-state index contributed by atoms with van der Waals surface area (Å²) in [5.41, 5.74) is 1.24. The molecule has 2 aromatic rings. The lowest BCUT2D eigenvalue weighted by atomic mass is 10.1. The first-order valence-electron chi connectivity index (χ1n) is 5.09. The molecule has 0 bridgehead atoms. The van der Waals surface area contributed by atoms with E-state index in [2.05, 4.69) is 46.0 Å². The maximum absolute atomic E-state index is 4.54. The van der Waals surface area contributed by atoms with Crippen LogP contribution in [0.3, 0.4) is 0 Å². The topological polar surface area (TPSA) is 12.4 Å². The summed E-state index contributed by atoms with van der Waals surface area (Å²) in [5, 5.41) is 0. The van der Waals surface area contributed by atoms with Crippen LogP contribution in [0.4, 0.5) is 0 Å². The van der Waals surface area contributed by atoms with Crippen LogP contribution in [-0.4, -0.2) is 6.21 Å². The van der Waals surface area contributed by atoms with E-state index < -0.39 is 0 Å². The standard InChI is InChI=1S/C13H12BrNS/c1-10(11-5-3-2-4-6-11)15-9-12-7-8-13(14)16-12/h2-10H,1H3/t10-/m0/s1. The Morgan fingerprint density at radius 2 is 1.94 bits per heavy atom. The van der Waals surface area contributed by atoms with Crippen LogP contribution in [0, 0.1) is 0 Å². The molecule has 1 aromatic heterocycles. The molecule has 0 fully saturated rings. The number of halogens is 1. The van der Waals surface area contributed by atoms with Gasteiger partial charge in [-0.05, 0) is 40.5 Å². The van der Waals surface area contributed by atoms with Crippen molar-refractivity contribution in [2.24, 2.45) is 4.99 Å². The third-order valence-corrected chi connectivity index (χ3v) is 3.86. The summed E-state index contributed by atoms with van der Waals surface area (Å²) in [6.45, 7) is 2.11. The molecular weight excluding hydrogens is 282 g/mol. The Bertz CT molecular complexity index is 476. The number of rotatable bonds is 3. The van der Waals surface area contributed by atoms with Crippen molar-refractivity contribution in [2.75, 3.05) is 0 Å². The van der Waals surface area contributed by atoms with Gasteiger partial charge in [0.15, 0.2) is 0 Å². The van der Waals surface area contributed by atoms with E-state index in [0.29, 0.717) is 0 Å². The molecule has 0 aliphatic carbocycles. The van der Waals surface area contributed by atoms with Crippen molar-refractivity contribution in [3.05, 3.63) is 56.7 Å². The molecule has 0 N–H and O–H groups in total. The van der Waals surface area contributed by atoms with Crippen LogP contribution in [0.15, 0.2) is 51.2 Å². The van der Waals surface area contributed by atoms with Crippen molar-refractivity contribution in [3.63, 3.8) is 0 Å². The van der Waals surface area contributed by atoms with E-state index in [1.54, 1.807) is 11.3 Å². The average molecular weight is 294 g/mol. The maximum atomic E-state index is 4.54. The molecule has 1 aromatic carbocycles. The lowest BCUT2D eigenvalue weighted by molar-refractivity contribution is 0.825. The lowest BCUT2D eigenvalue weighted by Crippen LogP contribution is -1.89. The minimum Gasteiger partial charge on any atom is -0.284 e. The highest BCUT2D eigenvalue weighted by Gasteiger charge is 2.01. The van der Waals surface area contributed by atoms with E-state index in [4.69, 9.17) is 0 Å². The van der Waals surface area contributed by atoms with Crippen LogP contribution in [0.5, 0.6) is 0 Å². The first kappa shape index (κ1) is 11.6. The molecule has 0 saturated carbocycles. The third kappa shape index (κ3) is 3.03. The zero-order chi connectivity index (χ0) is 11.4. The van der Waals surface area contributed by atoms with Gasteiger partial charge >= 0.3 is 0 Å². The highest BCUT2D eigenvalue weighted by Crippen LogP contribution is 2.22. The summed E-state index contributed by atoms with van der Waals surface area (Å²) in [5.74, 6) is 0. The van der Waals surface area contributed by atoms with Crippen molar-refractivity contribution in [2.45, 2.75) is 13.0 Å². The smallest absolute Gasteiger partial charge is 0.0721 e. The van der Waals surface area contributed by atoms with Gasteiger partial charge in [-0.25, -0.2) is 0 Å². The summed E-state index contributed by atoms with van der Waals surface area (Å²) in [6.07, 6.45) is 1.94. The van der Waals surface area contributed by atoms with E-state index in [0.717, 1.165) is 3.79 Å². The minimum atomic E-state index is 0.210. The van der Waals surface area contributed by atoms with Gasteiger partial charge in [0, 0.05) is 11.1 Å². The van der Waals surface area contributed by atoms with Gasteiger partial charge in [-0.3, -0.25) is 4.99 Å². The van der Waals surface area contributed by atoms with Crippen LogP contribution in [-0.2, 0) is 0 Å². The van der Waals surface area contributed by atoms with E-state index in [1.165, 1.54) is 10.4 Å². The molecule has 2 rings (SSSR count). The Hall–Kier alpha value is -0.930. The molecule has 0 amide bonds. The Morgan fingerprint density at radius 1 is 1.19 bits per heavy atom. The lowest BCUT2D eigenvalue weighted by Gasteiger charge is -2.04. The quantitative estimate of drug-likeness (QED) is 0.728. The van der Waals surface area contributed by atoms with Crippen LogP contribution in [0.1, 0.15) is 23.4 Å². The van der Waals surface area contributed by atoms with Gasteiger partial charge in [-0.15, -0.1) is 11.3 Å². The fraction of sp³-hybridized carbons (Fsp3) is 0.154. The highest BCUT2D eigenvalue weighted by molar-refractivity contribution is 9.11. The summed E-state index contributed by atoms with van der Waals surface area (Å²) in [7, 11) is 0. The Labute approximate surface area is 108 Å². The predicted octanol–water partition coefficient (Wildman–Crippen LogP) is 4.69. The van der Waals surface area contributed by atoms with Gasteiger partial charge in [-0.2, -0.15) is 0 Å². The number of hydrogen-bond donors (Lipinski definition) is 0. The molecule has 1 nitrogen and oxygen atoms in total. The van der Waals surface area contributed by atoms with Gasteiger partial charge in [0.25, 0.3) is 0 Å². The van der Waals surface area contributed by atoms with Crippen molar-refractivity contribution in [1.29, 1.82) is 0 Å². The summed E-state index contributed by atoms with van der Waals surface area (Å²) >= 11 is 5.13. The van der Waals surface area contributed by atoms with Gasteiger partial charge in [0.2, 0.25) is 0 Å². The van der Waals surface area contributed by atoms with Crippen LogP contribution in [0.25, 0.3) is 0 Å². The van der Waals surface area contributed by atoms with Crippen molar-refractivity contribution < 1.29 is 0 Å². The Balaban J connectivity index is 2.08. The van der Waals surface area contributed by atoms with Crippen molar-refractivity contribution in [3.8, 4) is 0 Å². The highest BCUT2D eigenvalue weighted by atomic mass is 79.9. The Kier molecular flexibility index (Phi) is 3.91. The summed E-state index contributed by atoms with van der Waals surface area (Å²) < 4.78 is 1.14. The second-order valence-corrected chi connectivity index (χ2v) is 6.00. The van der Waals surface area contributed by atoms with Gasteiger partial charge in [0.05, 0.1) is 9.83 Å². The normalized spacial score (nSPS) is 13.1. The SMILES string of the molecule is C[C@H](N=Cc1ccc(Br)s1)c1ccccc1. The molecule has 3 heteroatoms. The van der Waals surface area contributed by atoms with Gasteiger partial charge in [0.1, 0.15) is 0 Å². The van der Waals surface area contributed by atoms with Crippen molar-refractivity contribution in [1.82, 2.24) is 0 Å². The molecule has 0 aliphatic rings.